The maximum absolute atomic E-state index is 12.5. The van der Waals surface area contributed by atoms with Gasteiger partial charge in [0.1, 0.15) is 10.8 Å². The van der Waals surface area contributed by atoms with Gasteiger partial charge >= 0.3 is 12.1 Å². The van der Waals surface area contributed by atoms with E-state index in [4.69, 9.17) is 4.74 Å². The number of alkyl halides is 3. The first kappa shape index (κ1) is 20.3. The third kappa shape index (κ3) is 4.88. The molecule has 11 heteroatoms. The van der Waals surface area contributed by atoms with E-state index >= 15 is 0 Å². The molecule has 2 amide bonds. The summed E-state index contributed by atoms with van der Waals surface area (Å²) in [6, 6.07) is 12.4. The van der Waals surface area contributed by atoms with Crippen LogP contribution in [0, 0.1) is 0 Å². The van der Waals surface area contributed by atoms with E-state index in [1.807, 2.05) is 0 Å². The van der Waals surface area contributed by atoms with E-state index in [0.29, 0.717) is 10.8 Å². The molecular formula is C18H13F3N4O3S. The van der Waals surface area contributed by atoms with Crippen LogP contribution in [0.5, 0.6) is 5.75 Å². The molecule has 0 atom stereocenters. The minimum atomic E-state index is -5.07. The Kier molecular flexibility index (Phi) is 5.78. The molecule has 0 bridgehead atoms. The lowest BCUT2D eigenvalue weighted by Crippen LogP contribution is -2.30. The monoisotopic (exact) mass is 422 g/mol. The second kappa shape index (κ2) is 8.27. The van der Waals surface area contributed by atoms with Gasteiger partial charge in [0.15, 0.2) is 0 Å². The zero-order valence-corrected chi connectivity index (χ0v) is 15.6. The maximum atomic E-state index is 12.5. The van der Waals surface area contributed by atoms with Crippen molar-refractivity contribution >= 4 is 34.0 Å². The van der Waals surface area contributed by atoms with Crippen LogP contribution in [-0.4, -0.2) is 35.3 Å². The van der Waals surface area contributed by atoms with Gasteiger partial charge in [-0.3, -0.25) is 14.9 Å². The fraction of sp³-hybridized carbons (Fsp3) is 0.111. The number of rotatable bonds is 5. The molecule has 0 saturated heterocycles. The number of anilines is 2. The predicted octanol–water partition coefficient (Wildman–Crippen LogP) is 3.97. The Hall–Kier alpha value is -3.47. The summed E-state index contributed by atoms with van der Waals surface area (Å²) >= 11 is 1.08. The van der Waals surface area contributed by atoms with Gasteiger partial charge in [0.05, 0.1) is 18.4 Å². The average molecular weight is 422 g/mol. The Morgan fingerprint density at radius 1 is 1.00 bits per heavy atom. The van der Waals surface area contributed by atoms with Crippen molar-refractivity contribution in [2.24, 2.45) is 0 Å². The summed E-state index contributed by atoms with van der Waals surface area (Å²) in [4.78, 5) is 23.7. The van der Waals surface area contributed by atoms with Crippen LogP contribution in [0.4, 0.5) is 24.0 Å². The van der Waals surface area contributed by atoms with Crippen LogP contribution < -0.4 is 15.4 Å². The lowest BCUT2D eigenvalue weighted by atomic mass is 10.1. The first-order chi connectivity index (χ1) is 13.8. The molecule has 0 radical (unpaired) electrons. The van der Waals surface area contributed by atoms with Crippen LogP contribution >= 0.6 is 11.3 Å². The van der Waals surface area contributed by atoms with Crippen LogP contribution in [0.2, 0.25) is 0 Å². The van der Waals surface area contributed by atoms with E-state index in [0.717, 1.165) is 16.9 Å². The number of ether oxygens (including phenoxy) is 1. The molecule has 0 unspecified atom stereocenters. The van der Waals surface area contributed by atoms with Gasteiger partial charge in [-0.05, 0) is 36.4 Å². The molecule has 0 aliphatic heterocycles. The number of aromatic nitrogens is 2. The molecule has 1 heterocycles. The van der Waals surface area contributed by atoms with Crippen LogP contribution in [0.3, 0.4) is 0 Å². The number of amides is 2. The number of para-hydroxylation sites is 1. The number of hydrogen-bond acceptors (Lipinski definition) is 6. The molecule has 0 fully saturated rings. The molecule has 0 spiro atoms. The Morgan fingerprint density at radius 2 is 1.69 bits per heavy atom. The molecule has 0 aliphatic carbocycles. The van der Waals surface area contributed by atoms with Gasteiger partial charge in [-0.15, -0.1) is 10.2 Å². The minimum Gasteiger partial charge on any atom is -0.497 e. The molecule has 29 heavy (non-hydrogen) atoms. The standard InChI is InChI=1S/C18H13F3N4O3S/c1-28-11-8-6-10(7-9-11)15-24-25-17(29-15)23-14(26)12-4-2-3-5-13(12)22-16(27)18(19,20)21/h2-9H,1H3,(H,22,27)(H,23,25,26). The predicted molar refractivity (Wildman–Crippen MR) is 101 cm³/mol. The SMILES string of the molecule is COc1ccc(-c2nnc(NC(=O)c3ccccc3NC(=O)C(F)(F)F)s2)cc1. The zero-order valence-electron chi connectivity index (χ0n) is 14.8. The summed E-state index contributed by atoms with van der Waals surface area (Å²) in [7, 11) is 1.54. The Bertz CT molecular complexity index is 1040. The first-order valence-corrected chi connectivity index (χ1v) is 8.86. The van der Waals surface area contributed by atoms with E-state index < -0.39 is 18.0 Å². The second-order valence-electron chi connectivity index (χ2n) is 5.59. The zero-order chi connectivity index (χ0) is 21.0. The van der Waals surface area contributed by atoms with E-state index in [-0.39, 0.29) is 16.4 Å². The number of halogens is 3. The number of carbonyl (C=O) groups is 2. The van der Waals surface area contributed by atoms with Crippen molar-refractivity contribution in [3.63, 3.8) is 0 Å². The minimum absolute atomic E-state index is 0.147. The summed E-state index contributed by atoms with van der Waals surface area (Å²) in [5, 5.41) is 12.7. The number of benzene rings is 2. The van der Waals surface area contributed by atoms with Gasteiger partial charge in [-0.2, -0.15) is 13.2 Å². The third-order valence-electron chi connectivity index (χ3n) is 3.66. The van der Waals surface area contributed by atoms with Gasteiger partial charge in [0.25, 0.3) is 5.91 Å². The van der Waals surface area contributed by atoms with Crippen molar-refractivity contribution in [2.45, 2.75) is 6.18 Å². The van der Waals surface area contributed by atoms with Crippen LogP contribution in [0.1, 0.15) is 10.4 Å². The van der Waals surface area contributed by atoms with Gasteiger partial charge in [0.2, 0.25) is 5.13 Å². The van der Waals surface area contributed by atoms with Crippen LogP contribution in [0.15, 0.2) is 48.5 Å². The summed E-state index contributed by atoms with van der Waals surface area (Å²) in [5.41, 5.74) is 0.333. The van der Waals surface area contributed by atoms with E-state index in [1.165, 1.54) is 24.3 Å². The van der Waals surface area contributed by atoms with Crippen LogP contribution in [0.25, 0.3) is 10.6 Å². The summed E-state index contributed by atoms with van der Waals surface area (Å²) in [6.45, 7) is 0. The highest BCUT2D eigenvalue weighted by molar-refractivity contribution is 7.18. The molecular weight excluding hydrogens is 409 g/mol. The number of carbonyl (C=O) groups excluding carboxylic acids is 2. The highest BCUT2D eigenvalue weighted by Crippen LogP contribution is 2.28. The van der Waals surface area contributed by atoms with Crippen molar-refractivity contribution in [1.29, 1.82) is 0 Å². The Labute approximate surface area is 166 Å². The number of hydrogen-bond donors (Lipinski definition) is 2. The van der Waals surface area contributed by atoms with E-state index in [1.54, 1.807) is 36.7 Å². The molecule has 1 aromatic heterocycles. The van der Waals surface area contributed by atoms with Gasteiger partial charge in [-0.25, -0.2) is 0 Å². The van der Waals surface area contributed by atoms with Crippen molar-refractivity contribution in [1.82, 2.24) is 10.2 Å². The second-order valence-corrected chi connectivity index (χ2v) is 6.57. The fourth-order valence-electron chi connectivity index (χ4n) is 2.27. The lowest BCUT2D eigenvalue weighted by Gasteiger charge is -2.11. The molecule has 0 saturated carbocycles. The maximum Gasteiger partial charge on any atom is 0.471 e. The number of nitrogens with zero attached hydrogens (tertiary/aromatic N) is 2. The molecule has 3 aromatic rings. The molecule has 2 aromatic carbocycles. The molecule has 150 valence electrons. The van der Waals surface area contributed by atoms with Crippen molar-refractivity contribution in [3.05, 3.63) is 54.1 Å². The van der Waals surface area contributed by atoms with Crippen molar-refractivity contribution < 1.29 is 27.5 Å². The molecule has 7 nitrogen and oxygen atoms in total. The highest BCUT2D eigenvalue weighted by atomic mass is 32.1. The third-order valence-corrected chi connectivity index (χ3v) is 4.55. The van der Waals surface area contributed by atoms with E-state index in [9.17, 15) is 22.8 Å². The van der Waals surface area contributed by atoms with Crippen LogP contribution in [-0.2, 0) is 4.79 Å². The molecule has 3 rings (SSSR count). The number of methoxy groups -OCH3 is 1. The largest absolute Gasteiger partial charge is 0.497 e. The fourth-order valence-corrected chi connectivity index (χ4v) is 3.02. The smallest absolute Gasteiger partial charge is 0.471 e. The average Bonchev–Trinajstić information content (AvgIpc) is 3.16. The normalized spacial score (nSPS) is 11.0. The molecule has 2 N–H and O–H groups in total. The quantitative estimate of drug-likeness (QED) is 0.649. The number of nitrogens with one attached hydrogen (secondary N) is 2. The van der Waals surface area contributed by atoms with Crippen molar-refractivity contribution in [3.8, 4) is 16.3 Å². The van der Waals surface area contributed by atoms with Gasteiger partial charge in [0, 0.05) is 5.56 Å². The highest BCUT2D eigenvalue weighted by Gasteiger charge is 2.39. The Morgan fingerprint density at radius 3 is 2.34 bits per heavy atom. The Balaban J connectivity index is 1.76. The van der Waals surface area contributed by atoms with E-state index in [2.05, 4.69) is 15.5 Å². The van der Waals surface area contributed by atoms with Crippen molar-refractivity contribution in [2.75, 3.05) is 17.7 Å². The lowest BCUT2D eigenvalue weighted by molar-refractivity contribution is -0.167. The summed E-state index contributed by atoms with van der Waals surface area (Å²) in [6.07, 6.45) is -5.07. The topological polar surface area (TPSA) is 93.2 Å². The van der Waals surface area contributed by atoms with Gasteiger partial charge < -0.3 is 10.1 Å². The summed E-state index contributed by atoms with van der Waals surface area (Å²) < 4.78 is 42.5. The summed E-state index contributed by atoms with van der Waals surface area (Å²) in [5.74, 6) is -2.24. The first-order valence-electron chi connectivity index (χ1n) is 8.04. The molecule has 0 aliphatic rings. The van der Waals surface area contributed by atoms with Gasteiger partial charge in [-0.1, -0.05) is 23.5 Å².